The smallest absolute Gasteiger partial charge is 0.161 e. The molecule has 22 heavy (non-hydrogen) atoms. The number of rotatable bonds is 7. The van der Waals surface area contributed by atoms with E-state index in [0.717, 1.165) is 18.1 Å². The molecular formula is C18H28NO3+. The third kappa shape index (κ3) is 4.73. The van der Waals surface area contributed by atoms with Crippen molar-refractivity contribution in [2.45, 2.75) is 33.1 Å². The van der Waals surface area contributed by atoms with Crippen LogP contribution in [0.2, 0.25) is 0 Å². The van der Waals surface area contributed by atoms with E-state index in [-0.39, 0.29) is 5.78 Å². The van der Waals surface area contributed by atoms with E-state index in [4.69, 9.17) is 9.47 Å². The van der Waals surface area contributed by atoms with Crippen molar-refractivity contribution in [3.8, 4) is 11.5 Å². The van der Waals surface area contributed by atoms with Crippen molar-refractivity contribution in [3.05, 3.63) is 23.8 Å². The molecule has 0 unspecified atom stereocenters. The van der Waals surface area contributed by atoms with Crippen molar-refractivity contribution in [3.63, 3.8) is 0 Å². The second-order valence-electron chi connectivity index (χ2n) is 6.31. The fourth-order valence-corrected chi connectivity index (χ4v) is 2.93. The number of quaternary nitrogens is 1. The summed E-state index contributed by atoms with van der Waals surface area (Å²) in [5.74, 6) is 2.28. The van der Waals surface area contributed by atoms with E-state index in [1.54, 1.807) is 31.1 Å². The van der Waals surface area contributed by atoms with Gasteiger partial charge in [0.1, 0.15) is 0 Å². The fourth-order valence-electron chi connectivity index (χ4n) is 2.93. The van der Waals surface area contributed by atoms with E-state index in [1.807, 2.05) is 6.07 Å². The highest BCUT2D eigenvalue weighted by atomic mass is 16.5. The lowest BCUT2D eigenvalue weighted by atomic mass is 9.99. The maximum Gasteiger partial charge on any atom is 0.161 e. The van der Waals surface area contributed by atoms with Crippen molar-refractivity contribution >= 4 is 5.78 Å². The van der Waals surface area contributed by atoms with Gasteiger partial charge in [-0.15, -0.1) is 0 Å². The van der Waals surface area contributed by atoms with Crippen molar-refractivity contribution in [1.29, 1.82) is 0 Å². The minimum atomic E-state index is 0.0350. The second-order valence-corrected chi connectivity index (χ2v) is 6.31. The zero-order valence-electron chi connectivity index (χ0n) is 14.0. The zero-order chi connectivity index (χ0) is 15.9. The molecule has 122 valence electrons. The molecule has 0 saturated carbocycles. The summed E-state index contributed by atoms with van der Waals surface area (Å²) in [5, 5.41) is 0. The number of ketones is 1. The molecule has 1 aliphatic rings. The molecule has 1 fully saturated rings. The van der Waals surface area contributed by atoms with E-state index >= 15 is 0 Å². The Morgan fingerprint density at radius 1 is 1.27 bits per heavy atom. The molecule has 0 atom stereocenters. The Morgan fingerprint density at radius 2 is 2.00 bits per heavy atom. The zero-order valence-corrected chi connectivity index (χ0v) is 14.0. The van der Waals surface area contributed by atoms with Crippen LogP contribution in [0.1, 0.15) is 43.5 Å². The highest BCUT2D eigenvalue weighted by Gasteiger charge is 2.18. The van der Waals surface area contributed by atoms with E-state index < -0.39 is 0 Å². The van der Waals surface area contributed by atoms with Crippen LogP contribution in [-0.2, 0) is 0 Å². The molecule has 1 N–H and O–H groups in total. The first-order valence-electron chi connectivity index (χ1n) is 8.25. The van der Waals surface area contributed by atoms with Gasteiger partial charge in [0.2, 0.25) is 0 Å². The minimum absolute atomic E-state index is 0.0350. The lowest BCUT2D eigenvalue weighted by Gasteiger charge is -2.27. The van der Waals surface area contributed by atoms with Gasteiger partial charge in [0.05, 0.1) is 33.4 Å². The quantitative estimate of drug-likeness (QED) is 0.618. The largest absolute Gasteiger partial charge is 0.493 e. The number of ether oxygens (including phenoxy) is 2. The Bertz CT molecular complexity index is 493. The van der Waals surface area contributed by atoms with Gasteiger partial charge in [0, 0.05) is 12.0 Å². The summed E-state index contributed by atoms with van der Waals surface area (Å²) < 4.78 is 11.1. The fraction of sp³-hybridized carbons (Fsp3) is 0.611. The molecule has 0 radical (unpaired) electrons. The molecule has 0 amide bonds. The lowest BCUT2D eigenvalue weighted by Crippen LogP contribution is -3.13. The molecular weight excluding hydrogens is 278 g/mol. The van der Waals surface area contributed by atoms with Crippen LogP contribution in [0, 0.1) is 5.92 Å². The van der Waals surface area contributed by atoms with Crippen LogP contribution in [0.4, 0.5) is 0 Å². The summed E-state index contributed by atoms with van der Waals surface area (Å²) in [5.41, 5.74) is 0.649. The predicted octanol–water partition coefficient (Wildman–Crippen LogP) is 1.98. The number of carbonyl (C=O) groups excluding carboxylic acids is 1. The molecule has 4 heteroatoms. The van der Waals surface area contributed by atoms with Gasteiger partial charge in [0.25, 0.3) is 0 Å². The van der Waals surface area contributed by atoms with Gasteiger partial charge >= 0.3 is 0 Å². The Labute approximate surface area is 133 Å². The Morgan fingerprint density at radius 3 is 2.64 bits per heavy atom. The Hall–Kier alpha value is -1.55. The van der Waals surface area contributed by atoms with E-state index in [1.165, 1.54) is 32.5 Å². The third-order valence-electron chi connectivity index (χ3n) is 4.48. The van der Waals surface area contributed by atoms with Gasteiger partial charge in [0.15, 0.2) is 17.3 Å². The van der Waals surface area contributed by atoms with Crippen molar-refractivity contribution in [2.24, 2.45) is 5.92 Å². The maximum absolute atomic E-state index is 11.4. The molecule has 2 rings (SSSR count). The molecule has 0 bridgehead atoms. The molecule has 1 aromatic rings. The van der Waals surface area contributed by atoms with Gasteiger partial charge in [-0.2, -0.15) is 0 Å². The summed E-state index contributed by atoms with van der Waals surface area (Å²) in [6, 6.07) is 5.36. The average Bonchev–Trinajstić information content (AvgIpc) is 2.53. The summed E-state index contributed by atoms with van der Waals surface area (Å²) in [6.07, 6.45) is 3.73. The van der Waals surface area contributed by atoms with Crippen LogP contribution >= 0.6 is 0 Å². The topological polar surface area (TPSA) is 40.0 Å². The number of Topliss-reactive ketones (excluding diaryl/α,β-unsaturated/α-hetero) is 1. The number of carbonyl (C=O) groups is 1. The van der Waals surface area contributed by atoms with Crippen LogP contribution in [0.15, 0.2) is 18.2 Å². The van der Waals surface area contributed by atoms with Crippen LogP contribution in [0.3, 0.4) is 0 Å². The standard InChI is InChI=1S/C18H27NO3/c1-14-7-10-19(11-8-14)9-4-12-22-17-6-5-16(15(2)20)13-18(17)21-3/h5-6,13-14H,4,7-12H2,1-3H3/p+1. The number of hydrogen-bond acceptors (Lipinski definition) is 3. The lowest BCUT2D eigenvalue weighted by molar-refractivity contribution is -0.906. The number of likely N-dealkylation sites (tertiary alicyclic amines) is 1. The first-order valence-corrected chi connectivity index (χ1v) is 8.25. The van der Waals surface area contributed by atoms with Gasteiger partial charge in [-0.05, 0) is 43.9 Å². The SMILES string of the molecule is COc1cc(C(C)=O)ccc1OCCC[NH+]1CCC(C)CC1. The highest BCUT2D eigenvalue weighted by molar-refractivity contribution is 5.94. The van der Waals surface area contributed by atoms with Gasteiger partial charge in [-0.25, -0.2) is 0 Å². The molecule has 1 saturated heterocycles. The van der Waals surface area contributed by atoms with Gasteiger partial charge in [-0.3, -0.25) is 4.79 Å². The van der Waals surface area contributed by atoms with E-state index in [9.17, 15) is 4.79 Å². The van der Waals surface area contributed by atoms with Crippen molar-refractivity contribution in [1.82, 2.24) is 0 Å². The second kappa shape index (κ2) is 8.18. The van der Waals surface area contributed by atoms with Crippen molar-refractivity contribution in [2.75, 3.05) is 33.4 Å². The predicted molar refractivity (Wildman–Crippen MR) is 87.1 cm³/mol. The van der Waals surface area contributed by atoms with Crippen LogP contribution in [0.25, 0.3) is 0 Å². The third-order valence-corrected chi connectivity index (χ3v) is 4.48. The molecule has 1 aliphatic heterocycles. The monoisotopic (exact) mass is 306 g/mol. The Kier molecular flexibility index (Phi) is 6.25. The Balaban J connectivity index is 1.78. The molecule has 0 aliphatic carbocycles. The number of piperidine rings is 1. The number of hydrogen-bond donors (Lipinski definition) is 1. The van der Waals surface area contributed by atoms with Crippen LogP contribution < -0.4 is 14.4 Å². The van der Waals surface area contributed by atoms with Crippen LogP contribution in [0.5, 0.6) is 11.5 Å². The van der Waals surface area contributed by atoms with E-state index in [2.05, 4.69) is 6.92 Å². The van der Waals surface area contributed by atoms with E-state index in [0.29, 0.717) is 17.9 Å². The van der Waals surface area contributed by atoms with Gasteiger partial charge < -0.3 is 14.4 Å². The summed E-state index contributed by atoms with van der Waals surface area (Å²) in [7, 11) is 1.60. The molecule has 1 aromatic carbocycles. The first-order chi connectivity index (χ1) is 10.6. The van der Waals surface area contributed by atoms with Crippen molar-refractivity contribution < 1.29 is 19.2 Å². The number of nitrogens with one attached hydrogen (secondary N) is 1. The van der Waals surface area contributed by atoms with Gasteiger partial charge in [-0.1, -0.05) is 6.92 Å². The maximum atomic E-state index is 11.4. The number of methoxy groups -OCH3 is 1. The summed E-state index contributed by atoms with van der Waals surface area (Å²) >= 11 is 0. The summed E-state index contributed by atoms with van der Waals surface area (Å²) in [6.45, 7) is 8.33. The highest BCUT2D eigenvalue weighted by Crippen LogP contribution is 2.28. The summed E-state index contributed by atoms with van der Waals surface area (Å²) in [4.78, 5) is 13.1. The average molecular weight is 306 g/mol. The van der Waals surface area contributed by atoms with Crippen LogP contribution in [-0.4, -0.2) is 39.1 Å². The molecule has 4 nitrogen and oxygen atoms in total. The number of benzene rings is 1. The first kappa shape index (κ1) is 16.8. The molecule has 1 heterocycles. The molecule has 0 aromatic heterocycles. The molecule has 0 spiro atoms. The normalized spacial score (nSPS) is 21.4. The minimum Gasteiger partial charge on any atom is -0.493 e.